The van der Waals surface area contributed by atoms with E-state index in [0.29, 0.717) is 16.5 Å². The number of aromatic nitrogens is 4. The zero-order valence-corrected chi connectivity index (χ0v) is 17.1. The molecule has 0 saturated carbocycles. The number of para-hydroxylation sites is 2. The number of nitrogens with zero attached hydrogens (tertiary/aromatic N) is 5. The third-order valence-electron chi connectivity index (χ3n) is 4.69. The number of aryl methyl sites for hydroxylation is 2. The highest BCUT2D eigenvalue weighted by molar-refractivity contribution is 8.00. The molecule has 1 atom stereocenters. The molecule has 1 aliphatic heterocycles. The standard InChI is InChI=1S/C20H20N6O2S/c1-12-8-9-16(13(2)10-12)26-20(22-23-24-26)29-14(3)19(28)25-11-18(27)21-15-6-4-5-7-17(15)25/h4-10,14H,11H2,1-3H3,(H,21,27)/t14-/m0/s1. The molecular weight excluding hydrogens is 388 g/mol. The molecule has 4 rings (SSSR count). The molecule has 0 saturated heterocycles. The molecule has 0 unspecified atom stereocenters. The number of tetrazole rings is 1. The van der Waals surface area contributed by atoms with Crippen molar-refractivity contribution in [3.63, 3.8) is 0 Å². The highest BCUT2D eigenvalue weighted by Crippen LogP contribution is 2.32. The van der Waals surface area contributed by atoms with Crippen molar-refractivity contribution in [2.24, 2.45) is 0 Å². The second kappa shape index (κ2) is 7.67. The lowest BCUT2D eigenvalue weighted by molar-refractivity contribution is -0.121. The predicted molar refractivity (Wildman–Crippen MR) is 111 cm³/mol. The lowest BCUT2D eigenvalue weighted by atomic mass is 10.1. The van der Waals surface area contributed by atoms with Crippen LogP contribution in [0.15, 0.2) is 47.6 Å². The van der Waals surface area contributed by atoms with E-state index in [0.717, 1.165) is 16.8 Å². The summed E-state index contributed by atoms with van der Waals surface area (Å²) >= 11 is 1.27. The van der Waals surface area contributed by atoms with Crippen molar-refractivity contribution in [1.29, 1.82) is 0 Å². The first-order valence-electron chi connectivity index (χ1n) is 9.17. The molecule has 0 aliphatic carbocycles. The van der Waals surface area contributed by atoms with Crippen LogP contribution in [0.2, 0.25) is 0 Å². The number of nitrogens with one attached hydrogen (secondary N) is 1. The van der Waals surface area contributed by atoms with Crippen LogP contribution in [-0.4, -0.2) is 43.8 Å². The molecule has 2 aromatic carbocycles. The molecule has 29 heavy (non-hydrogen) atoms. The van der Waals surface area contributed by atoms with Crippen molar-refractivity contribution >= 4 is 35.0 Å². The first-order chi connectivity index (χ1) is 13.9. The van der Waals surface area contributed by atoms with Gasteiger partial charge in [0.25, 0.3) is 0 Å². The first-order valence-corrected chi connectivity index (χ1v) is 10.0. The minimum atomic E-state index is -0.482. The maximum absolute atomic E-state index is 13.1. The Kier molecular flexibility index (Phi) is 5.06. The third kappa shape index (κ3) is 3.73. The van der Waals surface area contributed by atoms with E-state index in [2.05, 4.69) is 26.9 Å². The topological polar surface area (TPSA) is 93.0 Å². The Balaban J connectivity index is 1.58. The van der Waals surface area contributed by atoms with Gasteiger partial charge in [0.2, 0.25) is 17.0 Å². The van der Waals surface area contributed by atoms with E-state index in [1.54, 1.807) is 17.7 Å². The Hall–Kier alpha value is -3.20. The monoisotopic (exact) mass is 408 g/mol. The van der Waals surface area contributed by atoms with Crippen LogP contribution in [0.4, 0.5) is 11.4 Å². The molecule has 1 aliphatic rings. The quantitative estimate of drug-likeness (QED) is 0.668. The number of amides is 2. The lowest BCUT2D eigenvalue weighted by Gasteiger charge is -2.30. The molecule has 0 bridgehead atoms. The third-order valence-corrected chi connectivity index (χ3v) is 5.71. The Labute approximate surface area is 172 Å². The van der Waals surface area contributed by atoms with Crippen LogP contribution in [0.1, 0.15) is 18.1 Å². The van der Waals surface area contributed by atoms with Gasteiger partial charge in [-0.2, -0.15) is 4.68 Å². The Morgan fingerprint density at radius 2 is 1.97 bits per heavy atom. The minimum absolute atomic E-state index is 0.0112. The fourth-order valence-electron chi connectivity index (χ4n) is 3.30. The second-order valence-electron chi connectivity index (χ2n) is 6.91. The van der Waals surface area contributed by atoms with Gasteiger partial charge in [0.1, 0.15) is 6.54 Å². The molecule has 2 amide bonds. The molecule has 0 fully saturated rings. The molecule has 148 valence electrons. The molecule has 3 aromatic rings. The maximum Gasteiger partial charge on any atom is 0.244 e. The van der Waals surface area contributed by atoms with Gasteiger partial charge in [-0.1, -0.05) is 41.6 Å². The smallest absolute Gasteiger partial charge is 0.244 e. The fraction of sp³-hybridized carbons (Fsp3) is 0.250. The van der Waals surface area contributed by atoms with Crippen molar-refractivity contribution in [3.05, 3.63) is 53.6 Å². The van der Waals surface area contributed by atoms with Crippen molar-refractivity contribution in [3.8, 4) is 5.69 Å². The minimum Gasteiger partial charge on any atom is -0.323 e. The van der Waals surface area contributed by atoms with E-state index in [1.165, 1.54) is 16.7 Å². The first kappa shape index (κ1) is 19.1. The van der Waals surface area contributed by atoms with Gasteiger partial charge in [-0.25, -0.2) is 0 Å². The molecule has 1 aromatic heterocycles. The Morgan fingerprint density at radius 3 is 2.76 bits per heavy atom. The van der Waals surface area contributed by atoms with E-state index in [4.69, 9.17) is 0 Å². The van der Waals surface area contributed by atoms with E-state index in [1.807, 2.05) is 44.2 Å². The summed E-state index contributed by atoms with van der Waals surface area (Å²) in [6.45, 7) is 5.81. The average molecular weight is 408 g/mol. The van der Waals surface area contributed by atoms with Gasteiger partial charge in [-0.05, 0) is 55.0 Å². The molecule has 2 heterocycles. The average Bonchev–Trinajstić information content (AvgIpc) is 3.14. The number of rotatable bonds is 4. The Bertz CT molecular complexity index is 1100. The molecule has 0 spiro atoms. The molecular formula is C20H20N6O2S. The second-order valence-corrected chi connectivity index (χ2v) is 8.22. The maximum atomic E-state index is 13.1. The summed E-state index contributed by atoms with van der Waals surface area (Å²) in [5, 5.41) is 14.8. The highest BCUT2D eigenvalue weighted by Gasteiger charge is 2.31. The van der Waals surface area contributed by atoms with Gasteiger partial charge in [0, 0.05) is 0 Å². The van der Waals surface area contributed by atoms with Gasteiger partial charge in [-0.3, -0.25) is 14.5 Å². The number of hydrogen-bond acceptors (Lipinski definition) is 6. The van der Waals surface area contributed by atoms with E-state index >= 15 is 0 Å². The number of fused-ring (bicyclic) bond motifs is 1. The van der Waals surface area contributed by atoms with Crippen LogP contribution >= 0.6 is 11.8 Å². The highest BCUT2D eigenvalue weighted by atomic mass is 32.2. The van der Waals surface area contributed by atoms with Crippen LogP contribution in [0.5, 0.6) is 0 Å². The van der Waals surface area contributed by atoms with E-state index in [-0.39, 0.29) is 18.4 Å². The van der Waals surface area contributed by atoms with Crippen molar-refractivity contribution < 1.29 is 9.59 Å². The number of carbonyl (C=O) groups is 2. The molecule has 8 nitrogen and oxygen atoms in total. The fourth-order valence-corrected chi connectivity index (χ4v) is 4.17. The van der Waals surface area contributed by atoms with Crippen LogP contribution < -0.4 is 10.2 Å². The largest absolute Gasteiger partial charge is 0.323 e. The lowest BCUT2D eigenvalue weighted by Crippen LogP contribution is -2.45. The predicted octanol–water partition coefficient (Wildman–Crippen LogP) is 2.75. The van der Waals surface area contributed by atoms with Crippen molar-refractivity contribution in [2.75, 3.05) is 16.8 Å². The van der Waals surface area contributed by atoms with Gasteiger partial charge < -0.3 is 5.32 Å². The summed E-state index contributed by atoms with van der Waals surface area (Å²) in [6.07, 6.45) is 0. The SMILES string of the molecule is Cc1ccc(-n2nnnc2S[C@@H](C)C(=O)N2CC(=O)Nc3ccccc32)c(C)c1. The number of carbonyl (C=O) groups excluding carboxylic acids is 2. The van der Waals surface area contributed by atoms with Crippen molar-refractivity contribution in [2.45, 2.75) is 31.2 Å². The van der Waals surface area contributed by atoms with Gasteiger partial charge in [0.15, 0.2) is 0 Å². The van der Waals surface area contributed by atoms with Gasteiger partial charge >= 0.3 is 0 Å². The van der Waals surface area contributed by atoms with Gasteiger partial charge in [-0.15, -0.1) is 5.10 Å². The van der Waals surface area contributed by atoms with Crippen LogP contribution in [-0.2, 0) is 9.59 Å². The normalized spacial score (nSPS) is 14.3. The molecule has 0 radical (unpaired) electrons. The van der Waals surface area contributed by atoms with Crippen LogP contribution in [0.25, 0.3) is 5.69 Å². The van der Waals surface area contributed by atoms with Crippen LogP contribution in [0, 0.1) is 13.8 Å². The molecule has 1 N–H and O–H groups in total. The summed E-state index contributed by atoms with van der Waals surface area (Å²) in [5.74, 6) is -0.387. The van der Waals surface area contributed by atoms with Gasteiger partial charge in [0.05, 0.1) is 22.3 Å². The zero-order chi connectivity index (χ0) is 20.5. The van der Waals surface area contributed by atoms with E-state index < -0.39 is 5.25 Å². The number of anilines is 2. The summed E-state index contributed by atoms with van der Waals surface area (Å²) in [4.78, 5) is 26.7. The van der Waals surface area contributed by atoms with Crippen molar-refractivity contribution in [1.82, 2.24) is 20.2 Å². The summed E-state index contributed by atoms with van der Waals surface area (Å²) < 4.78 is 1.64. The number of thioether (sulfide) groups is 1. The summed E-state index contributed by atoms with van der Waals surface area (Å²) in [7, 11) is 0. The van der Waals surface area contributed by atoms with Crippen LogP contribution in [0.3, 0.4) is 0 Å². The Morgan fingerprint density at radius 1 is 1.17 bits per heavy atom. The zero-order valence-electron chi connectivity index (χ0n) is 16.3. The molecule has 9 heteroatoms. The number of hydrogen-bond donors (Lipinski definition) is 1. The summed E-state index contributed by atoms with van der Waals surface area (Å²) in [5.41, 5.74) is 4.39. The number of benzene rings is 2. The summed E-state index contributed by atoms with van der Waals surface area (Å²) in [6, 6.07) is 13.3. The van der Waals surface area contributed by atoms with E-state index in [9.17, 15) is 9.59 Å².